The summed E-state index contributed by atoms with van der Waals surface area (Å²) in [4.78, 5) is 92.1. The lowest BCUT2D eigenvalue weighted by atomic mass is 9.91. The second-order valence-corrected chi connectivity index (χ2v) is 20.1. The molecule has 0 aliphatic rings. The van der Waals surface area contributed by atoms with Gasteiger partial charge in [-0.3, -0.25) is 29.3 Å². The molecule has 0 radical (unpaired) electrons. The molecule has 3 aromatic heterocycles. The van der Waals surface area contributed by atoms with Crippen molar-refractivity contribution in [1.29, 1.82) is 0 Å². The number of carboxylic acid groups (broad SMARTS) is 1. The third-order valence-corrected chi connectivity index (χ3v) is 12.5. The Balaban J connectivity index is 0.000000374. The largest absolute Gasteiger partial charge is 0.478 e. The van der Waals surface area contributed by atoms with Gasteiger partial charge in [0.25, 0.3) is 0 Å². The highest BCUT2D eigenvalue weighted by atomic mass is 16.6. The number of nitrogens with zero attached hydrogens (tertiary/aromatic N) is 3. The molecule has 0 bridgehead atoms. The third-order valence-electron chi connectivity index (χ3n) is 12.5. The molecule has 1 N–H and O–H groups in total. The van der Waals surface area contributed by atoms with Crippen LogP contribution in [0.2, 0.25) is 0 Å². The Labute approximate surface area is 482 Å². The summed E-state index contributed by atoms with van der Waals surface area (Å²) in [6.45, 7) is 21.3. The van der Waals surface area contributed by atoms with Crippen LogP contribution in [0.3, 0.4) is 0 Å². The Morgan fingerprint density at radius 2 is 0.951 bits per heavy atom. The number of carbonyl (C=O) groups excluding carboxylic acids is 6. The van der Waals surface area contributed by atoms with Crippen LogP contribution in [0.5, 0.6) is 11.5 Å². The zero-order chi connectivity index (χ0) is 61.0. The minimum atomic E-state index is -1.000. The molecule has 0 aliphatic carbocycles. The first-order valence-corrected chi connectivity index (χ1v) is 26.9. The number of aliphatic carboxylic acids is 1. The van der Waals surface area contributed by atoms with Gasteiger partial charge in [-0.15, -0.1) is 0 Å². The van der Waals surface area contributed by atoms with Gasteiger partial charge in [-0.2, -0.15) is 0 Å². The predicted molar refractivity (Wildman–Crippen MR) is 315 cm³/mol. The quantitative estimate of drug-likeness (QED) is 0.0199. The summed E-state index contributed by atoms with van der Waals surface area (Å²) >= 11 is 0. The zero-order valence-electron chi connectivity index (χ0n) is 49.0. The first-order chi connectivity index (χ1) is 38.9. The molecule has 17 heteroatoms. The summed E-state index contributed by atoms with van der Waals surface area (Å²) in [6.07, 6.45) is 22.9. The molecule has 438 valence electrons. The molecule has 5 aromatic rings. The van der Waals surface area contributed by atoms with E-state index in [2.05, 4.69) is 28.8 Å². The minimum Gasteiger partial charge on any atom is -0.478 e. The maximum atomic E-state index is 11.9. The standard InChI is InChI=1S/C18H19NO2.2C16H21NO4.C15H18O4/c1-3-14(2)15-7-10-17(11-8-15)21-18(20)12-9-16-6-4-5-13-19-16;1-4-16(2,3)15(19)21-12-11-20-14(18)6-5-13-7-9-17-10-8-13;1-4-16(2,3)15(19)21-11-10-20-14(18)8-7-13-6-5-9-17-12-13;1-4-15(2,3)14(18)19-12-8-5-11(6-9-12)7-10-13(16)17/h4-14H,3H2,1-2H3;5-10H,4,11-12H2,1-3H3;5-9,12H,4,10-11H2,1-3H3;5-10H,4H2,1-3H3,(H,16,17)/b12-9+;6-5+;8-7+;10-7+. The van der Waals surface area contributed by atoms with Crippen LogP contribution < -0.4 is 9.47 Å². The van der Waals surface area contributed by atoms with Gasteiger partial charge in [-0.1, -0.05) is 71.0 Å². The fraction of sp³-hybridized carbons (Fsp3) is 0.354. The maximum absolute atomic E-state index is 11.9. The van der Waals surface area contributed by atoms with E-state index in [0.29, 0.717) is 36.7 Å². The molecule has 0 fully saturated rings. The number of benzene rings is 2. The van der Waals surface area contributed by atoms with E-state index < -0.39 is 40.1 Å². The number of hydrogen-bond donors (Lipinski definition) is 1. The summed E-state index contributed by atoms with van der Waals surface area (Å²) in [5, 5.41) is 8.51. The van der Waals surface area contributed by atoms with Crippen molar-refractivity contribution in [3.8, 4) is 11.5 Å². The first kappa shape index (κ1) is 69.2. The van der Waals surface area contributed by atoms with Crippen molar-refractivity contribution in [1.82, 2.24) is 15.0 Å². The van der Waals surface area contributed by atoms with Crippen LogP contribution in [0, 0.1) is 16.2 Å². The molecule has 3 heterocycles. The lowest BCUT2D eigenvalue weighted by Gasteiger charge is -2.20. The number of esters is 6. The van der Waals surface area contributed by atoms with E-state index in [1.165, 1.54) is 29.9 Å². The van der Waals surface area contributed by atoms with Gasteiger partial charge < -0.3 is 33.5 Å². The highest BCUT2D eigenvalue weighted by Gasteiger charge is 2.29. The van der Waals surface area contributed by atoms with E-state index in [1.807, 2.05) is 111 Å². The van der Waals surface area contributed by atoms with Gasteiger partial charge in [0.15, 0.2) is 0 Å². The van der Waals surface area contributed by atoms with Gasteiger partial charge >= 0.3 is 41.8 Å². The molecule has 5 rings (SSSR count). The zero-order valence-corrected chi connectivity index (χ0v) is 49.0. The summed E-state index contributed by atoms with van der Waals surface area (Å²) in [7, 11) is 0. The van der Waals surface area contributed by atoms with Crippen LogP contribution in [-0.4, -0.2) is 88.3 Å². The van der Waals surface area contributed by atoms with E-state index in [-0.39, 0.29) is 44.3 Å². The van der Waals surface area contributed by atoms with Crippen LogP contribution in [0.1, 0.15) is 136 Å². The summed E-state index contributed by atoms with van der Waals surface area (Å²) < 4.78 is 30.5. The van der Waals surface area contributed by atoms with Crippen LogP contribution in [0.15, 0.2) is 146 Å². The minimum absolute atomic E-state index is 0.0434. The number of pyridine rings is 3. The molecule has 0 amide bonds. The number of hydrogen-bond acceptors (Lipinski definition) is 16. The van der Waals surface area contributed by atoms with Gasteiger partial charge in [0.1, 0.15) is 37.9 Å². The maximum Gasteiger partial charge on any atom is 0.336 e. The number of carbonyl (C=O) groups is 7. The van der Waals surface area contributed by atoms with Gasteiger partial charge in [-0.25, -0.2) is 19.2 Å². The summed E-state index contributed by atoms with van der Waals surface area (Å²) in [5.41, 5.74) is 2.85. The van der Waals surface area contributed by atoms with Crippen LogP contribution in [0.4, 0.5) is 0 Å². The average Bonchev–Trinajstić information content (AvgIpc) is 3.48. The van der Waals surface area contributed by atoms with Crippen LogP contribution in [-0.2, 0) is 52.5 Å². The Morgan fingerprint density at radius 1 is 0.476 bits per heavy atom. The van der Waals surface area contributed by atoms with Gasteiger partial charge in [0, 0.05) is 55.3 Å². The molecule has 1 unspecified atom stereocenters. The highest BCUT2D eigenvalue weighted by Crippen LogP contribution is 2.25. The number of rotatable bonds is 24. The SMILES string of the molecule is CCC(C)(C)C(=O)OCCOC(=O)/C=C/c1cccnc1.CCC(C)(C)C(=O)OCCOC(=O)/C=C/c1ccncc1.CCC(C)(C)C(=O)Oc1ccc(/C=C/C(=O)O)cc1.CCC(C)c1ccc(OC(=O)/C=C/c2ccccn2)cc1. The lowest BCUT2D eigenvalue weighted by molar-refractivity contribution is -0.158. The monoisotopic (exact) mass is 1130 g/mol. The lowest BCUT2D eigenvalue weighted by Crippen LogP contribution is -2.28. The van der Waals surface area contributed by atoms with E-state index in [1.54, 1.807) is 91.7 Å². The number of ether oxygens (including phenoxy) is 6. The first-order valence-electron chi connectivity index (χ1n) is 26.9. The van der Waals surface area contributed by atoms with Crippen molar-refractivity contribution in [3.63, 3.8) is 0 Å². The molecule has 2 aromatic carbocycles. The van der Waals surface area contributed by atoms with Crippen molar-refractivity contribution in [3.05, 3.63) is 174 Å². The number of carboxylic acids is 1. The highest BCUT2D eigenvalue weighted by molar-refractivity contribution is 5.89. The van der Waals surface area contributed by atoms with Crippen molar-refractivity contribution >= 4 is 66.1 Å². The molecule has 0 saturated heterocycles. The fourth-order valence-corrected chi connectivity index (χ4v) is 5.69. The molecular formula is C65H79N3O14. The summed E-state index contributed by atoms with van der Waals surface area (Å²) in [6, 6.07) is 27.0. The van der Waals surface area contributed by atoms with Crippen molar-refractivity contribution in [2.75, 3.05) is 26.4 Å². The number of aromatic nitrogens is 3. The normalized spacial score (nSPS) is 11.6. The third kappa shape index (κ3) is 28.9. The average molecular weight is 1130 g/mol. The molecule has 0 aliphatic heterocycles. The molecule has 0 spiro atoms. The second-order valence-electron chi connectivity index (χ2n) is 20.1. The second kappa shape index (κ2) is 37.1. The van der Waals surface area contributed by atoms with E-state index in [4.69, 9.17) is 33.5 Å². The molecule has 1 atom stereocenters. The van der Waals surface area contributed by atoms with E-state index in [0.717, 1.165) is 34.9 Å². The van der Waals surface area contributed by atoms with Gasteiger partial charge in [0.05, 0.1) is 21.9 Å². The van der Waals surface area contributed by atoms with Crippen molar-refractivity contribution in [2.24, 2.45) is 16.2 Å². The Hall–Kier alpha value is -8.86. The topological polar surface area (TPSA) is 234 Å². The molecular weight excluding hydrogens is 1050 g/mol. The van der Waals surface area contributed by atoms with Crippen LogP contribution >= 0.6 is 0 Å². The van der Waals surface area contributed by atoms with Gasteiger partial charge in [-0.05, 0) is 174 Å². The molecule has 82 heavy (non-hydrogen) atoms. The predicted octanol–water partition coefficient (Wildman–Crippen LogP) is 12.6. The molecule has 0 saturated carbocycles. The Bertz CT molecular complexity index is 2770. The van der Waals surface area contributed by atoms with Crippen LogP contribution in [0.25, 0.3) is 24.3 Å². The molecule has 17 nitrogen and oxygen atoms in total. The van der Waals surface area contributed by atoms with Gasteiger partial charge in [0.2, 0.25) is 0 Å². The Morgan fingerprint density at radius 3 is 1.44 bits per heavy atom. The summed E-state index contributed by atoms with van der Waals surface area (Å²) in [5.74, 6) is -1.68. The fourth-order valence-electron chi connectivity index (χ4n) is 5.69. The van der Waals surface area contributed by atoms with E-state index in [9.17, 15) is 33.6 Å². The van der Waals surface area contributed by atoms with E-state index >= 15 is 0 Å². The smallest absolute Gasteiger partial charge is 0.336 e. The Kier molecular flexibility index (Phi) is 31.4. The van der Waals surface area contributed by atoms with Crippen molar-refractivity contribution in [2.45, 2.75) is 108 Å². The van der Waals surface area contributed by atoms with Crippen molar-refractivity contribution < 1.29 is 67.1 Å².